The van der Waals surface area contributed by atoms with Gasteiger partial charge in [0.1, 0.15) is 28.9 Å². The van der Waals surface area contributed by atoms with E-state index in [4.69, 9.17) is 21.3 Å². The second-order valence-electron chi connectivity index (χ2n) is 16.8. The first-order valence-corrected chi connectivity index (χ1v) is 23.3. The molecule has 15 heteroatoms. The smallest absolute Gasteiger partial charge is 0.352 e. The van der Waals surface area contributed by atoms with Crippen LogP contribution in [0.15, 0.2) is 144 Å². The Labute approximate surface area is 389 Å². The molecule has 1 aliphatic rings. The maximum absolute atomic E-state index is 13.3. The number of aromatic nitrogens is 9. The molecule has 13 nitrogen and oxygen atoms in total. The second kappa shape index (κ2) is 18.8. The van der Waals surface area contributed by atoms with Gasteiger partial charge in [0, 0.05) is 35.7 Å². The van der Waals surface area contributed by atoms with Crippen LogP contribution in [0.25, 0.3) is 32.5 Å². The van der Waals surface area contributed by atoms with Crippen molar-refractivity contribution in [3.05, 3.63) is 198 Å². The highest BCUT2D eigenvalue weighted by atomic mass is 35.5. The number of hydrogen-bond acceptors (Lipinski definition) is 10. The zero-order valence-corrected chi connectivity index (χ0v) is 38.2. The minimum Gasteiger partial charge on any atom is -0.497 e. The Balaban J connectivity index is 0.000000155. The predicted octanol–water partition coefficient (Wildman–Crippen LogP) is 8.99. The first-order chi connectivity index (χ1) is 32.3. The summed E-state index contributed by atoms with van der Waals surface area (Å²) < 4.78 is 11.5. The van der Waals surface area contributed by atoms with Crippen LogP contribution in [-0.2, 0) is 39.0 Å². The molecule has 0 bridgehead atoms. The van der Waals surface area contributed by atoms with E-state index in [1.165, 1.54) is 43.3 Å². The fraction of sp³-hybridized carbons (Fsp3) is 0.235. The van der Waals surface area contributed by atoms with Crippen molar-refractivity contribution in [1.29, 1.82) is 0 Å². The molecule has 0 radical (unpaired) electrons. The number of methoxy groups -OCH3 is 1. The lowest BCUT2D eigenvalue weighted by molar-refractivity contribution is 0.249. The number of benzene rings is 4. The Hall–Kier alpha value is -7.00. The average Bonchev–Trinajstić information content (AvgIpc) is 4.13. The summed E-state index contributed by atoms with van der Waals surface area (Å²) in [6, 6.07) is 38.6. The fourth-order valence-corrected chi connectivity index (χ4v) is 10.4. The summed E-state index contributed by atoms with van der Waals surface area (Å²) >= 11 is 7.76. The summed E-state index contributed by atoms with van der Waals surface area (Å²) in [6.45, 7) is 5.90. The van der Waals surface area contributed by atoms with E-state index in [0.29, 0.717) is 41.0 Å². The largest absolute Gasteiger partial charge is 0.497 e. The van der Waals surface area contributed by atoms with Crippen LogP contribution in [0.4, 0.5) is 0 Å². The van der Waals surface area contributed by atoms with E-state index in [9.17, 15) is 9.59 Å². The maximum Gasteiger partial charge on any atom is 0.352 e. The quantitative estimate of drug-likeness (QED) is 0.118. The minimum atomic E-state index is -0.257. The molecule has 6 aromatic heterocycles. The summed E-state index contributed by atoms with van der Waals surface area (Å²) in [5, 5.41) is 11.0. The lowest BCUT2D eigenvalue weighted by Gasteiger charge is -2.26. The molecule has 332 valence electrons. The van der Waals surface area contributed by atoms with Crippen molar-refractivity contribution in [1.82, 2.24) is 48.2 Å². The van der Waals surface area contributed by atoms with Gasteiger partial charge in [-0.3, -0.25) is 14.0 Å². The van der Waals surface area contributed by atoms with Gasteiger partial charge in [0.25, 0.3) is 0 Å². The number of halogens is 1. The van der Waals surface area contributed by atoms with Gasteiger partial charge in [-0.05, 0) is 95.3 Å². The van der Waals surface area contributed by atoms with Gasteiger partial charge in [-0.1, -0.05) is 103 Å². The minimum absolute atomic E-state index is 0.167. The molecule has 0 saturated heterocycles. The van der Waals surface area contributed by atoms with E-state index in [-0.39, 0.29) is 11.4 Å². The first kappa shape index (κ1) is 42.9. The van der Waals surface area contributed by atoms with Gasteiger partial charge in [0.15, 0.2) is 11.3 Å². The van der Waals surface area contributed by atoms with Gasteiger partial charge < -0.3 is 4.74 Å². The summed E-state index contributed by atoms with van der Waals surface area (Å²) in [7, 11) is 1.63. The number of hydrogen-bond donors (Lipinski definition) is 0. The van der Waals surface area contributed by atoms with Crippen molar-refractivity contribution in [2.24, 2.45) is 0 Å². The highest BCUT2D eigenvalue weighted by molar-refractivity contribution is 7.19. The lowest BCUT2D eigenvalue weighted by Crippen LogP contribution is -2.29. The van der Waals surface area contributed by atoms with E-state index < -0.39 is 0 Å². The number of fused-ring (bicyclic) bond motifs is 8. The van der Waals surface area contributed by atoms with Gasteiger partial charge in [0.2, 0.25) is 0 Å². The van der Waals surface area contributed by atoms with Crippen LogP contribution in [0.3, 0.4) is 0 Å². The maximum atomic E-state index is 13.3. The molecule has 0 spiro atoms. The third-order valence-electron chi connectivity index (χ3n) is 12.4. The number of nitrogens with zero attached hydrogens (tertiary/aromatic N) is 10. The van der Waals surface area contributed by atoms with Crippen molar-refractivity contribution in [3.8, 4) is 5.75 Å². The molecular formula is C51H47ClN10O3S. The third kappa shape index (κ3) is 8.74. The van der Waals surface area contributed by atoms with E-state index >= 15 is 0 Å². The number of ether oxygens (including phenoxy) is 1. The Bertz CT molecular complexity index is 3420. The molecule has 10 aromatic rings. The van der Waals surface area contributed by atoms with Gasteiger partial charge in [0.05, 0.1) is 31.0 Å². The number of thiophene rings is 1. The van der Waals surface area contributed by atoms with Crippen LogP contribution >= 0.6 is 22.9 Å². The standard InChI is InChI=1S/C27H27N5O2.C24H20ClN5OS/c1-19(22-9-4-3-5-10-22)7-6-8-21-15-24-25(28-16-21)31(27(33)32-26(24)29-18-30-32)17-20-11-13-23(34-2)14-12-20;25-18-8-6-17(7-9-18)13-29-23-21(22-26-15-27-30(22)24(29)31)19-10-11-28(14-20(19)32-23)12-16-4-2-1-3-5-16/h3-5,9-16,18-19H,6-8,17H2,1-2H3;1-9,15H,10-14H2. The van der Waals surface area contributed by atoms with E-state index in [1.807, 2.05) is 65.4 Å². The van der Waals surface area contributed by atoms with Crippen molar-refractivity contribution in [2.75, 3.05) is 13.7 Å². The summed E-state index contributed by atoms with van der Waals surface area (Å²) in [4.78, 5) is 44.7. The topological polar surface area (TPSA) is 130 Å². The Morgan fingerprint density at radius 2 is 1.35 bits per heavy atom. The first-order valence-electron chi connectivity index (χ1n) is 22.1. The van der Waals surface area contributed by atoms with Gasteiger partial charge >= 0.3 is 11.4 Å². The summed E-state index contributed by atoms with van der Waals surface area (Å²) in [6.07, 6.45) is 8.77. The zero-order valence-electron chi connectivity index (χ0n) is 36.6. The monoisotopic (exact) mass is 914 g/mol. The number of aryl methyl sites for hydroxylation is 1. The highest BCUT2D eigenvalue weighted by Crippen LogP contribution is 2.37. The molecule has 1 aliphatic heterocycles. The molecule has 0 aliphatic carbocycles. The van der Waals surface area contributed by atoms with Crippen LogP contribution in [0.5, 0.6) is 5.75 Å². The number of pyridine rings is 1. The SMILES string of the molecule is COc1ccc(Cn2c(=O)n3ncnc3c3cc(CCCC(C)c4ccccc4)cnc32)cc1.O=c1n(Cc2ccc(Cl)cc2)c2sc3c(c2c2ncnn12)CCN(Cc1ccccc1)C3. The molecule has 1 unspecified atom stereocenters. The van der Waals surface area contributed by atoms with Crippen molar-refractivity contribution in [2.45, 2.75) is 64.7 Å². The summed E-state index contributed by atoms with van der Waals surface area (Å²) in [5.41, 5.74) is 8.51. The zero-order chi connectivity index (χ0) is 45.1. The molecule has 1 atom stereocenters. The van der Waals surface area contributed by atoms with Crippen LogP contribution in [0, 0.1) is 0 Å². The average molecular weight is 916 g/mol. The molecule has 0 fully saturated rings. The van der Waals surface area contributed by atoms with Crippen LogP contribution in [0.2, 0.25) is 5.02 Å². The van der Waals surface area contributed by atoms with Gasteiger partial charge in [-0.15, -0.1) is 11.3 Å². The molecule has 7 heterocycles. The molecule has 0 amide bonds. The van der Waals surface area contributed by atoms with Crippen molar-refractivity contribution < 1.29 is 4.74 Å². The Kier molecular flexibility index (Phi) is 12.3. The van der Waals surface area contributed by atoms with Crippen molar-refractivity contribution >= 4 is 55.5 Å². The van der Waals surface area contributed by atoms with E-state index in [0.717, 1.165) is 83.4 Å². The van der Waals surface area contributed by atoms with Gasteiger partial charge in [-0.2, -0.15) is 19.2 Å². The molecule has 0 N–H and O–H groups in total. The number of rotatable bonds is 12. The lowest BCUT2D eigenvalue weighted by atomic mass is 9.94. The van der Waals surface area contributed by atoms with Crippen LogP contribution < -0.4 is 16.1 Å². The molecule has 4 aromatic carbocycles. The van der Waals surface area contributed by atoms with E-state index in [2.05, 4.69) is 92.7 Å². The van der Waals surface area contributed by atoms with Crippen molar-refractivity contribution in [3.63, 3.8) is 0 Å². The van der Waals surface area contributed by atoms with Crippen LogP contribution in [0.1, 0.15) is 63.9 Å². The summed E-state index contributed by atoms with van der Waals surface area (Å²) in [5.74, 6) is 1.28. The normalized spacial score (nSPS) is 13.3. The van der Waals surface area contributed by atoms with Crippen LogP contribution in [-0.4, -0.2) is 61.9 Å². The highest BCUT2D eigenvalue weighted by Gasteiger charge is 2.26. The Morgan fingerprint density at radius 3 is 2.08 bits per heavy atom. The van der Waals surface area contributed by atoms with E-state index in [1.54, 1.807) is 23.0 Å². The fourth-order valence-electron chi connectivity index (χ4n) is 8.91. The second-order valence-corrected chi connectivity index (χ2v) is 18.3. The Morgan fingerprint density at radius 1 is 0.712 bits per heavy atom. The van der Waals surface area contributed by atoms with Gasteiger partial charge in [-0.25, -0.2) is 24.5 Å². The molecular weight excluding hydrogens is 868 g/mol. The molecule has 0 saturated carbocycles. The molecule has 66 heavy (non-hydrogen) atoms. The molecule has 11 rings (SSSR count). The predicted molar refractivity (Wildman–Crippen MR) is 260 cm³/mol. The third-order valence-corrected chi connectivity index (χ3v) is 13.9.